The van der Waals surface area contributed by atoms with Crippen LogP contribution in [-0.4, -0.2) is 29.4 Å². The van der Waals surface area contributed by atoms with Crippen LogP contribution in [0.5, 0.6) is 17.2 Å². The second kappa shape index (κ2) is 6.62. The van der Waals surface area contributed by atoms with Crippen LogP contribution in [0.4, 0.5) is 0 Å². The summed E-state index contributed by atoms with van der Waals surface area (Å²) in [7, 11) is 0. The average Bonchev–Trinajstić information content (AvgIpc) is 2.61. The Hall–Kier alpha value is -3.02. The standard InChI is InChI=1S/C18H18N2O4/c1-11-7-8-14(21)13(9-11)12(2)19-20-18(22)17-10-23-15-5-3-4-6-16(15)24-17/h3-9,17,21H,10H2,1-2H3,(H,20,22)/b19-12+/t17-/m0/s1. The Bertz CT molecular complexity index is 801. The van der Waals surface area contributed by atoms with E-state index < -0.39 is 12.0 Å². The number of aromatic hydroxyl groups is 1. The summed E-state index contributed by atoms with van der Waals surface area (Å²) >= 11 is 0. The molecule has 0 bridgehead atoms. The van der Waals surface area contributed by atoms with Crippen LogP contribution < -0.4 is 14.9 Å². The minimum atomic E-state index is -0.775. The van der Waals surface area contributed by atoms with Crippen molar-refractivity contribution in [3.05, 3.63) is 53.6 Å². The van der Waals surface area contributed by atoms with Crippen LogP contribution in [0.2, 0.25) is 0 Å². The summed E-state index contributed by atoms with van der Waals surface area (Å²) in [5.41, 5.74) is 4.52. The Morgan fingerprint density at radius 1 is 1.25 bits per heavy atom. The molecular formula is C18H18N2O4. The van der Waals surface area contributed by atoms with Gasteiger partial charge in [0.25, 0.3) is 5.91 Å². The van der Waals surface area contributed by atoms with E-state index in [0.29, 0.717) is 22.8 Å². The Kier molecular flexibility index (Phi) is 4.37. The molecule has 3 rings (SSSR count). The Morgan fingerprint density at radius 2 is 2.00 bits per heavy atom. The molecule has 0 aromatic heterocycles. The van der Waals surface area contributed by atoms with E-state index >= 15 is 0 Å². The fraction of sp³-hybridized carbons (Fsp3) is 0.222. The SMILES string of the molecule is C/C(=N\NC(=O)[C@@H]1COc2ccccc2O1)c1cc(C)ccc1O. The van der Waals surface area contributed by atoms with E-state index in [2.05, 4.69) is 10.5 Å². The van der Waals surface area contributed by atoms with E-state index in [1.165, 1.54) is 0 Å². The van der Waals surface area contributed by atoms with Gasteiger partial charge in [0.1, 0.15) is 12.4 Å². The van der Waals surface area contributed by atoms with E-state index in [-0.39, 0.29) is 12.4 Å². The number of nitrogens with one attached hydrogen (secondary N) is 1. The van der Waals surface area contributed by atoms with Crippen LogP contribution in [0.25, 0.3) is 0 Å². The van der Waals surface area contributed by atoms with Crippen molar-refractivity contribution in [1.29, 1.82) is 0 Å². The van der Waals surface area contributed by atoms with E-state index in [0.717, 1.165) is 5.56 Å². The lowest BCUT2D eigenvalue weighted by molar-refractivity contribution is -0.130. The number of ether oxygens (including phenoxy) is 2. The zero-order valence-corrected chi connectivity index (χ0v) is 13.4. The van der Waals surface area contributed by atoms with Gasteiger partial charge in [-0.15, -0.1) is 0 Å². The zero-order valence-electron chi connectivity index (χ0n) is 13.4. The average molecular weight is 326 g/mol. The third-order valence-corrected chi connectivity index (χ3v) is 3.68. The normalized spacial score (nSPS) is 16.6. The van der Waals surface area contributed by atoms with Crippen molar-refractivity contribution in [2.75, 3.05) is 6.61 Å². The summed E-state index contributed by atoms with van der Waals surface area (Å²) in [4.78, 5) is 12.2. The lowest BCUT2D eigenvalue weighted by atomic mass is 10.1. The summed E-state index contributed by atoms with van der Waals surface area (Å²) in [6.45, 7) is 3.74. The third-order valence-electron chi connectivity index (χ3n) is 3.68. The molecule has 0 spiro atoms. The van der Waals surface area contributed by atoms with Crippen molar-refractivity contribution in [2.24, 2.45) is 5.10 Å². The first kappa shape index (κ1) is 15.9. The van der Waals surface area contributed by atoms with Crippen molar-refractivity contribution in [1.82, 2.24) is 5.43 Å². The van der Waals surface area contributed by atoms with Gasteiger partial charge >= 0.3 is 0 Å². The number of para-hydroxylation sites is 2. The van der Waals surface area contributed by atoms with Crippen molar-refractivity contribution in [2.45, 2.75) is 20.0 Å². The van der Waals surface area contributed by atoms with Gasteiger partial charge in [0, 0.05) is 5.56 Å². The molecule has 1 heterocycles. The molecule has 1 amide bonds. The topological polar surface area (TPSA) is 80.2 Å². The van der Waals surface area contributed by atoms with Gasteiger partial charge in [0.05, 0.1) is 5.71 Å². The first-order valence-electron chi connectivity index (χ1n) is 7.57. The highest BCUT2D eigenvalue weighted by molar-refractivity contribution is 6.01. The molecule has 0 saturated carbocycles. The number of rotatable bonds is 3. The molecule has 2 aromatic rings. The lowest BCUT2D eigenvalue weighted by Crippen LogP contribution is -2.42. The summed E-state index contributed by atoms with van der Waals surface area (Å²) < 4.78 is 11.1. The second-order valence-corrected chi connectivity index (χ2v) is 5.56. The number of hydrogen-bond donors (Lipinski definition) is 2. The monoisotopic (exact) mass is 326 g/mol. The number of phenols is 1. The third kappa shape index (κ3) is 3.32. The lowest BCUT2D eigenvalue weighted by Gasteiger charge is -2.24. The Balaban J connectivity index is 1.68. The number of hydrazone groups is 1. The second-order valence-electron chi connectivity index (χ2n) is 5.56. The maximum Gasteiger partial charge on any atom is 0.284 e. The molecular weight excluding hydrogens is 308 g/mol. The molecule has 0 radical (unpaired) electrons. The highest BCUT2D eigenvalue weighted by atomic mass is 16.6. The molecule has 124 valence electrons. The van der Waals surface area contributed by atoms with Gasteiger partial charge in [0.15, 0.2) is 11.5 Å². The molecule has 2 aromatic carbocycles. The molecule has 0 aliphatic carbocycles. The molecule has 0 unspecified atom stereocenters. The molecule has 0 fully saturated rings. The predicted molar refractivity (Wildman–Crippen MR) is 89.6 cm³/mol. The van der Waals surface area contributed by atoms with Gasteiger partial charge in [-0.25, -0.2) is 5.43 Å². The molecule has 0 saturated heterocycles. The largest absolute Gasteiger partial charge is 0.507 e. The number of nitrogens with zero attached hydrogens (tertiary/aromatic N) is 1. The summed E-state index contributed by atoms with van der Waals surface area (Å²) in [5.74, 6) is 0.852. The number of aryl methyl sites for hydroxylation is 1. The number of carbonyl (C=O) groups is 1. The quantitative estimate of drug-likeness (QED) is 0.670. The van der Waals surface area contributed by atoms with Crippen molar-refractivity contribution in [3.8, 4) is 17.2 Å². The zero-order chi connectivity index (χ0) is 17.1. The van der Waals surface area contributed by atoms with E-state index in [9.17, 15) is 9.90 Å². The number of amides is 1. The van der Waals surface area contributed by atoms with Crippen LogP contribution in [0, 0.1) is 6.92 Å². The fourth-order valence-corrected chi connectivity index (χ4v) is 2.36. The van der Waals surface area contributed by atoms with Gasteiger partial charge in [-0.2, -0.15) is 5.10 Å². The number of benzene rings is 2. The number of phenolic OH excluding ortho intramolecular Hbond substituents is 1. The molecule has 1 aliphatic rings. The molecule has 24 heavy (non-hydrogen) atoms. The van der Waals surface area contributed by atoms with E-state index in [1.807, 2.05) is 19.1 Å². The number of hydrogen-bond acceptors (Lipinski definition) is 5. The summed E-state index contributed by atoms with van der Waals surface area (Å²) in [6.07, 6.45) is -0.775. The van der Waals surface area contributed by atoms with Gasteiger partial charge in [0.2, 0.25) is 6.10 Å². The van der Waals surface area contributed by atoms with Crippen LogP contribution in [0.1, 0.15) is 18.1 Å². The minimum Gasteiger partial charge on any atom is -0.507 e. The van der Waals surface area contributed by atoms with E-state index in [1.54, 1.807) is 37.3 Å². The van der Waals surface area contributed by atoms with Crippen LogP contribution >= 0.6 is 0 Å². The molecule has 6 nitrogen and oxygen atoms in total. The van der Waals surface area contributed by atoms with Crippen LogP contribution in [0.15, 0.2) is 47.6 Å². The van der Waals surface area contributed by atoms with Crippen molar-refractivity contribution >= 4 is 11.6 Å². The Labute approximate surface area is 139 Å². The van der Waals surface area contributed by atoms with Crippen molar-refractivity contribution < 1.29 is 19.4 Å². The number of carbonyl (C=O) groups excluding carboxylic acids is 1. The fourth-order valence-electron chi connectivity index (χ4n) is 2.36. The van der Waals surface area contributed by atoms with Crippen LogP contribution in [0.3, 0.4) is 0 Å². The Morgan fingerprint density at radius 3 is 2.79 bits per heavy atom. The summed E-state index contributed by atoms with van der Waals surface area (Å²) in [6, 6.07) is 12.4. The summed E-state index contributed by atoms with van der Waals surface area (Å²) in [5, 5.41) is 13.9. The highest BCUT2D eigenvalue weighted by Gasteiger charge is 2.27. The van der Waals surface area contributed by atoms with Gasteiger partial charge in [-0.05, 0) is 38.1 Å². The highest BCUT2D eigenvalue weighted by Crippen LogP contribution is 2.30. The predicted octanol–water partition coefficient (Wildman–Crippen LogP) is 2.38. The maximum atomic E-state index is 12.2. The van der Waals surface area contributed by atoms with Gasteiger partial charge in [-0.3, -0.25) is 4.79 Å². The maximum absolute atomic E-state index is 12.2. The van der Waals surface area contributed by atoms with E-state index in [4.69, 9.17) is 9.47 Å². The first-order valence-corrected chi connectivity index (χ1v) is 7.57. The number of fused-ring (bicyclic) bond motifs is 1. The first-order chi connectivity index (χ1) is 11.5. The molecule has 2 N–H and O–H groups in total. The van der Waals surface area contributed by atoms with Crippen molar-refractivity contribution in [3.63, 3.8) is 0 Å². The van der Waals surface area contributed by atoms with Gasteiger partial charge in [-0.1, -0.05) is 23.8 Å². The van der Waals surface area contributed by atoms with Gasteiger partial charge < -0.3 is 14.6 Å². The minimum absolute atomic E-state index is 0.113. The molecule has 1 atom stereocenters. The molecule has 6 heteroatoms. The van der Waals surface area contributed by atoms with Crippen LogP contribution in [-0.2, 0) is 4.79 Å². The molecule has 1 aliphatic heterocycles. The smallest absolute Gasteiger partial charge is 0.284 e.